The third-order valence-corrected chi connectivity index (χ3v) is 6.74. The number of aryl methyl sites for hydroxylation is 2. The second-order valence-corrected chi connectivity index (χ2v) is 7.78. The van der Waals surface area contributed by atoms with Crippen molar-refractivity contribution in [2.75, 3.05) is 0 Å². The second-order valence-electron chi connectivity index (χ2n) is 4.84. The summed E-state index contributed by atoms with van der Waals surface area (Å²) in [5, 5.41) is 0. The van der Waals surface area contributed by atoms with E-state index < -0.39 is 0 Å². The van der Waals surface area contributed by atoms with Crippen LogP contribution in [0.25, 0.3) is 0 Å². The van der Waals surface area contributed by atoms with Gasteiger partial charge in [-0.05, 0) is 70.9 Å². The van der Waals surface area contributed by atoms with Crippen LogP contribution in [-0.2, 0) is 12.8 Å². The molecule has 0 N–H and O–H groups in total. The zero-order valence-electron chi connectivity index (χ0n) is 10.3. The molecule has 0 radical (unpaired) electrons. The molecular weight excluding hydrogens is 391 g/mol. The third-order valence-electron chi connectivity index (χ3n) is 3.50. The Morgan fingerprint density at radius 1 is 1.16 bits per heavy atom. The molecule has 1 atom stereocenters. The van der Waals surface area contributed by atoms with Gasteiger partial charge in [0.25, 0.3) is 0 Å². The van der Waals surface area contributed by atoms with Crippen LogP contribution in [0.2, 0.25) is 0 Å². The monoisotopic (exact) mass is 402 g/mol. The molecule has 1 unspecified atom stereocenters. The Bertz CT molecular complexity index is 583. The van der Waals surface area contributed by atoms with Crippen LogP contribution >= 0.6 is 43.2 Å². The quantitative estimate of drug-likeness (QED) is 0.538. The number of benzene rings is 1. The maximum Gasteiger partial charge on any atom is 0.137 e. The standard InChI is InChI=1S/C15H13Br2FS/c16-11-7-10(5-6-12(11)18)15(17)14-8-9-3-1-2-4-13(9)19-14/h5-8,15H,1-4H2. The number of hydrogen-bond acceptors (Lipinski definition) is 1. The molecule has 0 amide bonds. The van der Waals surface area contributed by atoms with Gasteiger partial charge in [-0.1, -0.05) is 22.0 Å². The molecule has 0 saturated heterocycles. The predicted molar refractivity (Wildman–Crippen MR) is 85.8 cm³/mol. The Hall–Kier alpha value is -0.190. The summed E-state index contributed by atoms with van der Waals surface area (Å²) in [7, 11) is 0. The molecule has 0 bridgehead atoms. The maximum absolute atomic E-state index is 13.3. The van der Waals surface area contributed by atoms with Crippen LogP contribution in [0.15, 0.2) is 28.7 Å². The minimum atomic E-state index is -0.214. The van der Waals surface area contributed by atoms with Gasteiger partial charge < -0.3 is 0 Å². The molecule has 0 fully saturated rings. The van der Waals surface area contributed by atoms with Gasteiger partial charge in [0.1, 0.15) is 5.82 Å². The molecule has 1 aromatic heterocycles. The van der Waals surface area contributed by atoms with Crippen LogP contribution < -0.4 is 0 Å². The minimum absolute atomic E-state index is 0.153. The molecule has 1 aromatic carbocycles. The summed E-state index contributed by atoms with van der Waals surface area (Å²) in [6.07, 6.45) is 5.03. The summed E-state index contributed by atoms with van der Waals surface area (Å²) in [5.41, 5.74) is 2.60. The van der Waals surface area contributed by atoms with E-state index >= 15 is 0 Å². The van der Waals surface area contributed by atoms with E-state index in [1.54, 1.807) is 0 Å². The molecule has 0 nitrogen and oxygen atoms in total. The van der Waals surface area contributed by atoms with Crippen LogP contribution in [-0.4, -0.2) is 0 Å². The molecule has 1 heterocycles. The molecule has 2 aromatic rings. The summed E-state index contributed by atoms with van der Waals surface area (Å²) in [6, 6.07) is 7.53. The van der Waals surface area contributed by atoms with Crippen molar-refractivity contribution >= 4 is 43.2 Å². The Morgan fingerprint density at radius 3 is 2.68 bits per heavy atom. The molecule has 0 spiro atoms. The van der Waals surface area contributed by atoms with Gasteiger partial charge in [-0.25, -0.2) is 4.39 Å². The zero-order valence-corrected chi connectivity index (χ0v) is 14.2. The van der Waals surface area contributed by atoms with E-state index in [0.717, 1.165) is 5.56 Å². The van der Waals surface area contributed by atoms with Crippen LogP contribution in [0.1, 0.15) is 38.6 Å². The summed E-state index contributed by atoms with van der Waals surface area (Å²) < 4.78 is 13.8. The van der Waals surface area contributed by atoms with E-state index in [1.165, 1.54) is 47.1 Å². The van der Waals surface area contributed by atoms with E-state index in [0.29, 0.717) is 4.47 Å². The lowest BCUT2D eigenvalue weighted by Gasteiger charge is -2.08. The average molecular weight is 404 g/mol. The Balaban J connectivity index is 1.92. The highest BCUT2D eigenvalue weighted by Gasteiger charge is 2.19. The molecule has 1 aliphatic carbocycles. The molecular formula is C15H13Br2FS. The zero-order chi connectivity index (χ0) is 13.4. The van der Waals surface area contributed by atoms with Crippen LogP contribution in [0.5, 0.6) is 0 Å². The number of thiophene rings is 1. The van der Waals surface area contributed by atoms with Gasteiger partial charge in [0.15, 0.2) is 0 Å². The van der Waals surface area contributed by atoms with Gasteiger partial charge in [0.2, 0.25) is 0 Å². The lowest BCUT2D eigenvalue weighted by Crippen LogP contribution is -1.96. The summed E-state index contributed by atoms with van der Waals surface area (Å²) in [5.74, 6) is -0.214. The lowest BCUT2D eigenvalue weighted by molar-refractivity contribution is 0.620. The molecule has 19 heavy (non-hydrogen) atoms. The van der Waals surface area contributed by atoms with Gasteiger partial charge in [0, 0.05) is 9.75 Å². The Labute approximate surface area is 133 Å². The average Bonchev–Trinajstić information content (AvgIpc) is 2.85. The molecule has 4 heteroatoms. The highest BCUT2D eigenvalue weighted by molar-refractivity contribution is 9.10. The Kier molecular flexibility index (Phi) is 4.11. The molecule has 0 saturated carbocycles. The minimum Gasteiger partial charge on any atom is -0.206 e. The van der Waals surface area contributed by atoms with Crippen LogP contribution in [0.4, 0.5) is 4.39 Å². The predicted octanol–water partition coefficient (Wildman–Crippen LogP) is 6.01. The van der Waals surface area contributed by atoms with E-state index in [2.05, 4.69) is 37.9 Å². The fraction of sp³-hybridized carbons (Fsp3) is 0.333. The number of fused-ring (bicyclic) bond motifs is 1. The van der Waals surface area contributed by atoms with Crippen molar-refractivity contribution in [3.05, 3.63) is 55.4 Å². The summed E-state index contributed by atoms with van der Waals surface area (Å²) >= 11 is 8.89. The van der Waals surface area contributed by atoms with Crippen LogP contribution in [0.3, 0.4) is 0 Å². The van der Waals surface area contributed by atoms with Gasteiger partial charge in [0.05, 0.1) is 9.30 Å². The fourth-order valence-electron chi connectivity index (χ4n) is 2.47. The molecule has 0 aliphatic heterocycles. The summed E-state index contributed by atoms with van der Waals surface area (Å²) in [6.45, 7) is 0. The first kappa shape index (κ1) is 13.8. The van der Waals surface area contributed by atoms with Crippen molar-refractivity contribution < 1.29 is 4.39 Å². The van der Waals surface area contributed by atoms with E-state index in [-0.39, 0.29) is 10.6 Å². The SMILES string of the molecule is Fc1ccc(C(Br)c2cc3c(s2)CCCC3)cc1Br. The smallest absolute Gasteiger partial charge is 0.137 e. The molecule has 1 aliphatic rings. The lowest BCUT2D eigenvalue weighted by atomic mass is 9.99. The normalized spacial score (nSPS) is 16.2. The molecule has 100 valence electrons. The molecule has 3 rings (SSSR count). The number of rotatable bonds is 2. The number of hydrogen-bond donors (Lipinski definition) is 0. The Morgan fingerprint density at radius 2 is 1.95 bits per heavy atom. The third kappa shape index (κ3) is 2.81. The first-order chi connectivity index (χ1) is 9.15. The van der Waals surface area contributed by atoms with Crippen molar-refractivity contribution in [3.63, 3.8) is 0 Å². The van der Waals surface area contributed by atoms with Crippen molar-refractivity contribution in [2.45, 2.75) is 30.5 Å². The first-order valence-electron chi connectivity index (χ1n) is 6.35. The fourth-order valence-corrected chi connectivity index (χ4v) is 4.83. The maximum atomic E-state index is 13.3. The van der Waals surface area contributed by atoms with Crippen LogP contribution in [0, 0.1) is 5.82 Å². The van der Waals surface area contributed by atoms with E-state index in [4.69, 9.17) is 0 Å². The topological polar surface area (TPSA) is 0 Å². The number of halogens is 3. The van der Waals surface area contributed by atoms with E-state index in [1.807, 2.05) is 23.5 Å². The van der Waals surface area contributed by atoms with E-state index in [9.17, 15) is 4.39 Å². The largest absolute Gasteiger partial charge is 0.206 e. The van der Waals surface area contributed by atoms with Crippen molar-refractivity contribution in [1.29, 1.82) is 0 Å². The first-order valence-corrected chi connectivity index (χ1v) is 8.88. The highest BCUT2D eigenvalue weighted by atomic mass is 79.9. The van der Waals surface area contributed by atoms with Gasteiger partial charge in [-0.15, -0.1) is 11.3 Å². The van der Waals surface area contributed by atoms with Gasteiger partial charge >= 0.3 is 0 Å². The highest BCUT2D eigenvalue weighted by Crippen LogP contribution is 2.40. The van der Waals surface area contributed by atoms with Crippen molar-refractivity contribution in [2.24, 2.45) is 0 Å². The number of alkyl halides is 1. The van der Waals surface area contributed by atoms with Gasteiger partial charge in [-0.2, -0.15) is 0 Å². The van der Waals surface area contributed by atoms with Crippen molar-refractivity contribution in [1.82, 2.24) is 0 Å². The van der Waals surface area contributed by atoms with Crippen molar-refractivity contribution in [3.8, 4) is 0 Å². The second kappa shape index (κ2) is 5.66. The summed E-state index contributed by atoms with van der Waals surface area (Å²) in [4.78, 5) is 3.01. The van der Waals surface area contributed by atoms with Gasteiger partial charge in [-0.3, -0.25) is 0 Å².